The minimum atomic E-state index is -4.58. The van der Waals surface area contributed by atoms with Crippen LogP contribution < -0.4 is 11.1 Å². The highest BCUT2D eigenvalue weighted by Gasteiger charge is 2.45. The number of alkyl halides is 3. The maximum atomic E-state index is 12.6. The van der Waals surface area contributed by atoms with Crippen molar-refractivity contribution in [3.05, 3.63) is 11.9 Å². The zero-order chi connectivity index (χ0) is 14.3. The Morgan fingerprint density at radius 3 is 2.47 bits per heavy atom. The van der Waals surface area contributed by atoms with Crippen molar-refractivity contribution in [3.8, 4) is 0 Å². The molecule has 0 bridgehead atoms. The molecule has 0 saturated heterocycles. The van der Waals surface area contributed by atoms with E-state index >= 15 is 0 Å². The van der Waals surface area contributed by atoms with Gasteiger partial charge in [0.1, 0.15) is 11.6 Å². The first-order valence-electron chi connectivity index (χ1n) is 6.18. The van der Waals surface area contributed by atoms with Crippen LogP contribution >= 0.6 is 0 Å². The third kappa shape index (κ3) is 3.08. The van der Waals surface area contributed by atoms with E-state index in [2.05, 4.69) is 29.1 Å². The second-order valence-electron chi connectivity index (χ2n) is 5.37. The Labute approximate surface area is 109 Å². The van der Waals surface area contributed by atoms with Crippen molar-refractivity contribution in [2.45, 2.75) is 32.9 Å². The number of nitrogens with zero attached hydrogens (tertiary/aromatic N) is 2. The number of nitrogen functional groups attached to an aromatic ring is 1. The molecule has 0 radical (unpaired) electrons. The summed E-state index contributed by atoms with van der Waals surface area (Å²) in [7, 11) is 0. The summed E-state index contributed by atoms with van der Waals surface area (Å²) in [6.45, 7) is 4.84. The first-order chi connectivity index (χ1) is 8.73. The van der Waals surface area contributed by atoms with Gasteiger partial charge in [0.25, 0.3) is 0 Å². The molecule has 0 aliphatic heterocycles. The minimum absolute atomic E-state index is 0.131. The van der Waals surface area contributed by atoms with Crippen molar-refractivity contribution in [2.75, 3.05) is 17.6 Å². The van der Waals surface area contributed by atoms with E-state index in [9.17, 15) is 13.2 Å². The van der Waals surface area contributed by atoms with Gasteiger partial charge in [-0.2, -0.15) is 13.2 Å². The number of aromatic nitrogens is 2. The third-order valence-electron chi connectivity index (χ3n) is 3.74. The van der Waals surface area contributed by atoms with Crippen LogP contribution in [-0.2, 0) is 6.18 Å². The molecular formula is C12H17F3N4. The highest BCUT2D eigenvalue weighted by Crippen LogP contribution is 2.51. The van der Waals surface area contributed by atoms with E-state index < -0.39 is 12.0 Å². The molecule has 0 atom stereocenters. The second kappa shape index (κ2) is 4.54. The molecule has 1 saturated carbocycles. The Bertz CT molecular complexity index is 467. The highest BCUT2D eigenvalue weighted by molar-refractivity contribution is 5.45. The summed E-state index contributed by atoms with van der Waals surface area (Å²) in [5.41, 5.74) is 5.56. The lowest BCUT2D eigenvalue weighted by atomic mass is 9.92. The Morgan fingerprint density at radius 2 is 2.00 bits per heavy atom. The van der Waals surface area contributed by atoms with Gasteiger partial charge in [0.2, 0.25) is 5.82 Å². The van der Waals surface area contributed by atoms with Gasteiger partial charge in [-0.1, -0.05) is 13.8 Å². The lowest BCUT2D eigenvalue weighted by molar-refractivity contribution is -0.144. The smallest absolute Gasteiger partial charge is 0.384 e. The third-order valence-corrected chi connectivity index (χ3v) is 3.74. The van der Waals surface area contributed by atoms with Crippen LogP contribution in [0.4, 0.5) is 24.8 Å². The van der Waals surface area contributed by atoms with Crippen molar-refractivity contribution >= 4 is 11.6 Å². The number of hydrogen-bond acceptors (Lipinski definition) is 4. The maximum absolute atomic E-state index is 12.6. The first-order valence-corrected chi connectivity index (χ1v) is 6.18. The number of nitrogens with two attached hydrogens (primary N) is 1. The number of halogens is 3. The van der Waals surface area contributed by atoms with Gasteiger partial charge in [-0.15, -0.1) is 0 Å². The van der Waals surface area contributed by atoms with Crippen LogP contribution in [0, 0.1) is 11.3 Å². The largest absolute Gasteiger partial charge is 0.451 e. The second-order valence-corrected chi connectivity index (χ2v) is 5.37. The van der Waals surface area contributed by atoms with Crippen LogP contribution in [0.2, 0.25) is 0 Å². The summed E-state index contributed by atoms with van der Waals surface area (Å²) >= 11 is 0. The molecule has 4 nitrogen and oxygen atoms in total. The highest BCUT2D eigenvalue weighted by atomic mass is 19.4. The van der Waals surface area contributed by atoms with Crippen LogP contribution in [-0.4, -0.2) is 16.5 Å². The lowest BCUT2D eigenvalue weighted by Gasteiger charge is -2.20. The fraction of sp³-hybridized carbons (Fsp3) is 0.667. The van der Waals surface area contributed by atoms with Gasteiger partial charge in [0, 0.05) is 12.6 Å². The Hall–Kier alpha value is -1.53. The van der Waals surface area contributed by atoms with Crippen LogP contribution in [0.5, 0.6) is 0 Å². The van der Waals surface area contributed by atoms with Crippen molar-refractivity contribution < 1.29 is 13.2 Å². The van der Waals surface area contributed by atoms with E-state index in [1.54, 1.807) is 0 Å². The average molecular weight is 274 g/mol. The summed E-state index contributed by atoms with van der Waals surface area (Å²) < 4.78 is 37.7. The molecule has 2 rings (SSSR count). The van der Waals surface area contributed by atoms with Crippen LogP contribution in [0.1, 0.15) is 32.5 Å². The summed E-state index contributed by atoms with van der Waals surface area (Å²) in [5.74, 6) is -0.767. The maximum Gasteiger partial charge on any atom is 0.451 e. The zero-order valence-electron chi connectivity index (χ0n) is 10.9. The predicted molar refractivity (Wildman–Crippen MR) is 66.4 cm³/mol. The molecule has 1 aliphatic carbocycles. The minimum Gasteiger partial charge on any atom is -0.384 e. The van der Waals surface area contributed by atoms with Gasteiger partial charge in [0.05, 0.1) is 0 Å². The lowest BCUT2D eigenvalue weighted by Crippen LogP contribution is -2.22. The fourth-order valence-electron chi connectivity index (χ4n) is 2.07. The molecule has 1 fully saturated rings. The van der Waals surface area contributed by atoms with E-state index in [4.69, 9.17) is 5.73 Å². The molecule has 0 unspecified atom stereocenters. The number of hydrogen-bond donors (Lipinski definition) is 2. The number of rotatable bonds is 4. The van der Waals surface area contributed by atoms with Gasteiger partial charge in [0.15, 0.2) is 0 Å². The normalized spacial score (nSPS) is 17.6. The SMILES string of the molecule is CC(C)C1(CNc2cc(N)nc(C(F)(F)F)n2)CC1. The predicted octanol–water partition coefficient (Wildman–Crippen LogP) is 2.93. The van der Waals surface area contributed by atoms with Gasteiger partial charge in [-0.05, 0) is 24.2 Å². The Morgan fingerprint density at radius 1 is 1.37 bits per heavy atom. The summed E-state index contributed by atoms with van der Waals surface area (Å²) in [6, 6.07) is 1.33. The molecule has 0 aromatic carbocycles. The summed E-state index contributed by atoms with van der Waals surface area (Å²) in [5, 5.41) is 2.95. The molecule has 1 aliphatic rings. The van der Waals surface area contributed by atoms with E-state index in [-0.39, 0.29) is 17.1 Å². The van der Waals surface area contributed by atoms with Crippen molar-refractivity contribution in [1.82, 2.24) is 9.97 Å². The fourth-order valence-corrected chi connectivity index (χ4v) is 2.07. The molecule has 0 amide bonds. The van der Waals surface area contributed by atoms with E-state index in [0.29, 0.717) is 12.5 Å². The summed E-state index contributed by atoms with van der Waals surface area (Å²) in [4.78, 5) is 6.67. The number of nitrogens with one attached hydrogen (secondary N) is 1. The summed E-state index contributed by atoms with van der Waals surface area (Å²) in [6.07, 6.45) is -2.41. The van der Waals surface area contributed by atoms with Gasteiger partial charge >= 0.3 is 6.18 Å². The molecule has 0 spiro atoms. The molecule has 3 N–H and O–H groups in total. The first kappa shape index (κ1) is 13.9. The van der Waals surface area contributed by atoms with Gasteiger partial charge in [-0.3, -0.25) is 0 Å². The van der Waals surface area contributed by atoms with E-state index in [1.165, 1.54) is 6.07 Å². The molecule has 1 aromatic heterocycles. The van der Waals surface area contributed by atoms with Crippen LogP contribution in [0.25, 0.3) is 0 Å². The van der Waals surface area contributed by atoms with Crippen molar-refractivity contribution in [2.24, 2.45) is 11.3 Å². The molecule has 7 heteroatoms. The average Bonchev–Trinajstić information content (AvgIpc) is 3.05. The topological polar surface area (TPSA) is 63.8 Å². The molecule has 19 heavy (non-hydrogen) atoms. The molecule has 1 aromatic rings. The standard InChI is InChI=1S/C12H17F3N4/c1-7(2)11(3-4-11)6-17-9-5-8(16)18-10(19-9)12(13,14)15/h5,7H,3-4,6H2,1-2H3,(H3,16,17,18,19). The van der Waals surface area contributed by atoms with Crippen molar-refractivity contribution in [1.29, 1.82) is 0 Å². The number of anilines is 2. The van der Waals surface area contributed by atoms with Crippen LogP contribution in [0.15, 0.2) is 6.07 Å². The Balaban J connectivity index is 2.11. The molecule has 106 valence electrons. The van der Waals surface area contributed by atoms with Gasteiger partial charge < -0.3 is 11.1 Å². The van der Waals surface area contributed by atoms with Crippen molar-refractivity contribution in [3.63, 3.8) is 0 Å². The quantitative estimate of drug-likeness (QED) is 0.886. The van der Waals surface area contributed by atoms with Crippen LogP contribution in [0.3, 0.4) is 0 Å². The van der Waals surface area contributed by atoms with E-state index in [1.807, 2.05) is 0 Å². The monoisotopic (exact) mass is 274 g/mol. The van der Waals surface area contributed by atoms with E-state index in [0.717, 1.165) is 12.8 Å². The molecular weight excluding hydrogens is 257 g/mol. The zero-order valence-corrected chi connectivity index (χ0v) is 10.9. The Kier molecular flexibility index (Phi) is 3.32. The van der Waals surface area contributed by atoms with Gasteiger partial charge in [-0.25, -0.2) is 9.97 Å². The molecule has 1 heterocycles.